The second-order valence-corrected chi connectivity index (χ2v) is 6.15. The summed E-state index contributed by atoms with van der Waals surface area (Å²) >= 11 is 0. The Morgan fingerprint density at radius 1 is 1.16 bits per heavy atom. The molecule has 1 aliphatic heterocycles. The summed E-state index contributed by atoms with van der Waals surface area (Å²) < 4.78 is 0. The maximum atomic E-state index is 3.79. The highest BCUT2D eigenvalue weighted by atomic mass is 15.1. The molecule has 0 unspecified atom stereocenters. The minimum absolute atomic E-state index is 0.742. The van der Waals surface area contributed by atoms with Crippen molar-refractivity contribution >= 4 is 0 Å². The molecule has 2 fully saturated rings. The minimum atomic E-state index is 0.742. The summed E-state index contributed by atoms with van der Waals surface area (Å²) in [6.07, 6.45) is 4.09. The first-order valence-corrected chi connectivity index (χ1v) is 7.87. The number of hydrogen-bond acceptors (Lipinski definition) is 2. The van der Waals surface area contributed by atoms with Crippen LogP contribution >= 0.6 is 0 Å². The summed E-state index contributed by atoms with van der Waals surface area (Å²) in [6.45, 7) is 7.32. The van der Waals surface area contributed by atoms with Crippen LogP contribution in [-0.4, -0.2) is 37.1 Å². The van der Waals surface area contributed by atoms with Crippen LogP contribution in [0.15, 0.2) is 30.3 Å². The Morgan fingerprint density at radius 2 is 1.89 bits per heavy atom. The maximum absolute atomic E-state index is 3.79. The Balaban J connectivity index is 1.38. The molecule has 3 rings (SSSR count). The van der Waals surface area contributed by atoms with Gasteiger partial charge in [0.05, 0.1) is 0 Å². The minimum Gasteiger partial charge on any atom is -0.313 e. The molecule has 1 saturated heterocycles. The van der Waals surface area contributed by atoms with Gasteiger partial charge in [-0.15, -0.1) is 0 Å². The molecule has 0 amide bonds. The molecule has 1 aromatic rings. The van der Waals surface area contributed by atoms with Gasteiger partial charge in [-0.1, -0.05) is 37.3 Å². The smallest absolute Gasteiger partial charge is 0.0143 e. The molecule has 2 nitrogen and oxygen atoms in total. The van der Waals surface area contributed by atoms with Gasteiger partial charge in [0.1, 0.15) is 0 Å². The summed E-state index contributed by atoms with van der Waals surface area (Å²) in [7, 11) is 0. The molecule has 1 aromatic carbocycles. The summed E-state index contributed by atoms with van der Waals surface area (Å²) in [6, 6.07) is 11.7. The molecular formula is C17H26N2. The molecule has 0 aromatic heterocycles. The number of likely N-dealkylation sites (tertiary alicyclic amines) is 1. The van der Waals surface area contributed by atoms with Crippen LogP contribution in [0.2, 0.25) is 0 Å². The fourth-order valence-electron chi connectivity index (χ4n) is 3.31. The molecule has 2 atom stereocenters. The van der Waals surface area contributed by atoms with Crippen molar-refractivity contribution in [1.82, 2.24) is 10.2 Å². The predicted octanol–water partition coefficient (Wildman–Crippen LogP) is 2.86. The van der Waals surface area contributed by atoms with Gasteiger partial charge >= 0.3 is 0 Å². The number of nitrogens with one attached hydrogen (secondary N) is 1. The van der Waals surface area contributed by atoms with E-state index in [2.05, 4.69) is 47.5 Å². The van der Waals surface area contributed by atoms with Crippen LogP contribution in [0.3, 0.4) is 0 Å². The monoisotopic (exact) mass is 258 g/mol. The van der Waals surface area contributed by atoms with Gasteiger partial charge in [0, 0.05) is 12.0 Å². The zero-order chi connectivity index (χ0) is 13.1. The number of benzene rings is 1. The summed E-state index contributed by atoms with van der Waals surface area (Å²) in [5.41, 5.74) is 1.51. The lowest BCUT2D eigenvalue weighted by Gasteiger charge is -2.31. The van der Waals surface area contributed by atoms with Gasteiger partial charge in [0.25, 0.3) is 0 Å². The maximum Gasteiger partial charge on any atom is 0.0143 e. The van der Waals surface area contributed by atoms with E-state index in [-0.39, 0.29) is 0 Å². The largest absolute Gasteiger partial charge is 0.313 e. The Hall–Kier alpha value is -0.860. The third kappa shape index (κ3) is 3.37. The van der Waals surface area contributed by atoms with Crippen molar-refractivity contribution in [3.05, 3.63) is 35.9 Å². The first-order chi connectivity index (χ1) is 9.36. The second kappa shape index (κ2) is 6.06. The quantitative estimate of drug-likeness (QED) is 0.873. The molecule has 2 aliphatic rings. The van der Waals surface area contributed by atoms with Crippen LogP contribution in [0, 0.1) is 5.92 Å². The molecule has 1 heterocycles. The Kier molecular flexibility index (Phi) is 4.19. The van der Waals surface area contributed by atoms with Gasteiger partial charge in [-0.2, -0.15) is 0 Å². The van der Waals surface area contributed by atoms with Crippen molar-refractivity contribution in [2.45, 2.75) is 38.1 Å². The third-order valence-corrected chi connectivity index (χ3v) is 4.84. The van der Waals surface area contributed by atoms with Crippen LogP contribution in [-0.2, 0) is 0 Å². The molecule has 19 heavy (non-hydrogen) atoms. The van der Waals surface area contributed by atoms with E-state index in [0.29, 0.717) is 0 Å². The average molecular weight is 258 g/mol. The van der Waals surface area contributed by atoms with E-state index >= 15 is 0 Å². The van der Waals surface area contributed by atoms with Crippen LogP contribution in [0.4, 0.5) is 0 Å². The zero-order valence-corrected chi connectivity index (χ0v) is 12.0. The molecule has 104 valence electrons. The molecule has 1 N–H and O–H groups in total. The SMILES string of the molecule is CCN1CCC(CN[C@@H]2C[C@H]2c2ccccc2)CC1. The molecule has 1 saturated carbocycles. The summed E-state index contributed by atoms with van der Waals surface area (Å²) in [5, 5.41) is 3.79. The summed E-state index contributed by atoms with van der Waals surface area (Å²) in [5.74, 6) is 1.68. The Labute approximate surface area is 117 Å². The molecule has 1 aliphatic carbocycles. The molecule has 0 radical (unpaired) electrons. The van der Waals surface area contributed by atoms with Gasteiger partial charge in [-0.05, 0) is 56.9 Å². The van der Waals surface area contributed by atoms with Gasteiger partial charge in [0.2, 0.25) is 0 Å². The number of rotatable bonds is 5. The van der Waals surface area contributed by atoms with Crippen molar-refractivity contribution in [2.24, 2.45) is 5.92 Å². The fourth-order valence-corrected chi connectivity index (χ4v) is 3.31. The number of piperidine rings is 1. The van der Waals surface area contributed by atoms with E-state index in [1.165, 1.54) is 51.0 Å². The number of hydrogen-bond donors (Lipinski definition) is 1. The van der Waals surface area contributed by atoms with Crippen molar-refractivity contribution in [3.8, 4) is 0 Å². The molecule has 0 spiro atoms. The lowest BCUT2D eigenvalue weighted by atomic mass is 9.97. The highest BCUT2D eigenvalue weighted by Gasteiger charge is 2.38. The van der Waals surface area contributed by atoms with E-state index < -0.39 is 0 Å². The van der Waals surface area contributed by atoms with Crippen molar-refractivity contribution in [1.29, 1.82) is 0 Å². The van der Waals surface area contributed by atoms with Crippen LogP contribution in [0.5, 0.6) is 0 Å². The van der Waals surface area contributed by atoms with Crippen molar-refractivity contribution < 1.29 is 0 Å². The lowest BCUT2D eigenvalue weighted by Crippen LogP contribution is -2.37. The van der Waals surface area contributed by atoms with Gasteiger partial charge in [-0.3, -0.25) is 0 Å². The van der Waals surface area contributed by atoms with E-state index in [1.54, 1.807) is 0 Å². The van der Waals surface area contributed by atoms with Crippen molar-refractivity contribution in [3.63, 3.8) is 0 Å². The van der Waals surface area contributed by atoms with Gasteiger partial charge < -0.3 is 10.2 Å². The second-order valence-electron chi connectivity index (χ2n) is 6.15. The van der Waals surface area contributed by atoms with E-state index in [1.807, 2.05) is 0 Å². The van der Waals surface area contributed by atoms with Gasteiger partial charge in [-0.25, -0.2) is 0 Å². The van der Waals surface area contributed by atoms with Crippen LogP contribution in [0.25, 0.3) is 0 Å². The molecular weight excluding hydrogens is 232 g/mol. The molecule has 2 heteroatoms. The first-order valence-electron chi connectivity index (χ1n) is 7.87. The highest BCUT2D eigenvalue weighted by molar-refractivity contribution is 5.27. The zero-order valence-electron chi connectivity index (χ0n) is 12.0. The topological polar surface area (TPSA) is 15.3 Å². The highest BCUT2D eigenvalue weighted by Crippen LogP contribution is 2.40. The summed E-state index contributed by atoms with van der Waals surface area (Å²) in [4.78, 5) is 2.57. The fraction of sp³-hybridized carbons (Fsp3) is 0.647. The standard InChI is InChI=1S/C17H26N2/c1-2-19-10-8-14(9-11-19)13-18-17-12-16(17)15-6-4-3-5-7-15/h3-7,14,16-18H,2,8-13H2,1H3/t16-,17+/m0/s1. The Bertz CT molecular complexity index is 382. The van der Waals surface area contributed by atoms with Gasteiger partial charge in [0.15, 0.2) is 0 Å². The number of nitrogens with zero attached hydrogens (tertiary/aromatic N) is 1. The van der Waals surface area contributed by atoms with Crippen LogP contribution < -0.4 is 5.32 Å². The predicted molar refractivity (Wildman–Crippen MR) is 80.4 cm³/mol. The molecule has 0 bridgehead atoms. The normalized spacial score (nSPS) is 28.5. The van der Waals surface area contributed by atoms with Crippen LogP contribution in [0.1, 0.15) is 37.7 Å². The Morgan fingerprint density at radius 3 is 2.58 bits per heavy atom. The van der Waals surface area contributed by atoms with E-state index in [0.717, 1.165) is 17.9 Å². The van der Waals surface area contributed by atoms with Crippen molar-refractivity contribution in [2.75, 3.05) is 26.2 Å². The lowest BCUT2D eigenvalue weighted by molar-refractivity contribution is 0.190. The van der Waals surface area contributed by atoms with E-state index in [4.69, 9.17) is 0 Å². The first kappa shape index (κ1) is 13.1. The third-order valence-electron chi connectivity index (χ3n) is 4.84. The van der Waals surface area contributed by atoms with E-state index in [9.17, 15) is 0 Å². The average Bonchev–Trinajstić information content (AvgIpc) is 3.26.